The Bertz CT molecular complexity index is 228. The molecule has 0 unspecified atom stereocenters. The minimum atomic E-state index is 0.333. The Kier molecular flexibility index (Phi) is 8.01. The van der Waals surface area contributed by atoms with Crippen LogP contribution in [0.2, 0.25) is 0 Å². The Morgan fingerprint density at radius 2 is 2.06 bits per heavy atom. The minimum Gasteiger partial charge on any atom is -0.385 e. The Labute approximate surface area is 111 Å². The number of carbonyl (C=O) groups is 1. The van der Waals surface area contributed by atoms with Gasteiger partial charge in [0, 0.05) is 32.7 Å². The zero-order valence-corrected chi connectivity index (χ0v) is 11.9. The van der Waals surface area contributed by atoms with Gasteiger partial charge in [0.1, 0.15) is 0 Å². The van der Waals surface area contributed by atoms with Gasteiger partial charge in [0.2, 0.25) is 5.91 Å². The van der Waals surface area contributed by atoms with E-state index in [0.717, 1.165) is 58.3 Å². The summed E-state index contributed by atoms with van der Waals surface area (Å²) in [7, 11) is 1.71. The predicted octanol–water partition coefficient (Wildman–Crippen LogP) is 1.79. The highest BCUT2D eigenvalue weighted by Crippen LogP contribution is 2.14. The molecule has 1 fully saturated rings. The van der Waals surface area contributed by atoms with Crippen LogP contribution in [0.5, 0.6) is 0 Å². The SMILES string of the molecule is CCCN(C(=O)CCCCOC)C1CCNCC1. The fourth-order valence-electron chi connectivity index (χ4n) is 2.54. The second-order valence-corrected chi connectivity index (χ2v) is 5.02. The fourth-order valence-corrected chi connectivity index (χ4v) is 2.54. The van der Waals surface area contributed by atoms with Crippen LogP contribution in [0.3, 0.4) is 0 Å². The molecule has 1 amide bonds. The lowest BCUT2D eigenvalue weighted by atomic mass is 10.0. The van der Waals surface area contributed by atoms with Gasteiger partial charge in [-0.2, -0.15) is 0 Å². The van der Waals surface area contributed by atoms with E-state index in [0.29, 0.717) is 18.4 Å². The zero-order valence-electron chi connectivity index (χ0n) is 11.9. The number of rotatable bonds is 8. The lowest BCUT2D eigenvalue weighted by molar-refractivity contribution is -0.134. The number of carbonyl (C=O) groups excluding carboxylic acids is 1. The van der Waals surface area contributed by atoms with Crippen molar-refractivity contribution in [1.82, 2.24) is 10.2 Å². The zero-order chi connectivity index (χ0) is 13.2. The molecule has 1 saturated heterocycles. The van der Waals surface area contributed by atoms with Crippen molar-refractivity contribution in [2.24, 2.45) is 0 Å². The predicted molar refractivity (Wildman–Crippen MR) is 73.6 cm³/mol. The first kappa shape index (κ1) is 15.4. The van der Waals surface area contributed by atoms with Gasteiger partial charge in [-0.25, -0.2) is 0 Å². The Hall–Kier alpha value is -0.610. The molecule has 1 heterocycles. The first-order chi connectivity index (χ1) is 8.79. The number of ether oxygens (including phenoxy) is 1. The van der Waals surface area contributed by atoms with Gasteiger partial charge in [0.15, 0.2) is 0 Å². The van der Waals surface area contributed by atoms with Crippen LogP contribution < -0.4 is 5.32 Å². The summed E-state index contributed by atoms with van der Waals surface area (Å²) in [6.07, 6.45) is 5.85. The molecule has 1 aliphatic rings. The van der Waals surface area contributed by atoms with E-state index in [1.807, 2.05) is 0 Å². The number of hydrogen-bond donors (Lipinski definition) is 1. The Balaban J connectivity index is 2.36. The van der Waals surface area contributed by atoms with E-state index in [-0.39, 0.29) is 0 Å². The van der Waals surface area contributed by atoms with Gasteiger partial charge in [0.05, 0.1) is 0 Å². The van der Waals surface area contributed by atoms with E-state index in [1.165, 1.54) is 0 Å². The average molecular weight is 256 g/mol. The number of nitrogens with one attached hydrogen (secondary N) is 1. The molecule has 1 aliphatic heterocycles. The lowest BCUT2D eigenvalue weighted by Crippen LogP contribution is -2.46. The summed E-state index contributed by atoms with van der Waals surface area (Å²) in [5, 5.41) is 3.36. The van der Waals surface area contributed by atoms with Crippen molar-refractivity contribution in [1.29, 1.82) is 0 Å². The Morgan fingerprint density at radius 3 is 2.67 bits per heavy atom. The number of nitrogens with zero attached hydrogens (tertiary/aromatic N) is 1. The van der Waals surface area contributed by atoms with Crippen molar-refractivity contribution >= 4 is 5.91 Å². The summed E-state index contributed by atoms with van der Waals surface area (Å²) >= 11 is 0. The van der Waals surface area contributed by atoms with Gasteiger partial charge in [-0.1, -0.05) is 6.92 Å². The smallest absolute Gasteiger partial charge is 0.222 e. The highest BCUT2D eigenvalue weighted by Gasteiger charge is 2.23. The summed E-state index contributed by atoms with van der Waals surface area (Å²) in [6.45, 7) is 5.90. The van der Waals surface area contributed by atoms with Gasteiger partial charge in [-0.05, 0) is 45.2 Å². The van der Waals surface area contributed by atoms with Gasteiger partial charge < -0.3 is 15.0 Å². The van der Waals surface area contributed by atoms with Crippen LogP contribution in [-0.4, -0.2) is 50.2 Å². The maximum absolute atomic E-state index is 12.3. The molecule has 18 heavy (non-hydrogen) atoms. The van der Waals surface area contributed by atoms with Crippen LogP contribution in [0.15, 0.2) is 0 Å². The summed E-state index contributed by atoms with van der Waals surface area (Å²) in [5.41, 5.74) is 0. The average Bonchev–Trinajstić information content (AvgIpc) is 2.41. The van der Waals surface area contributed by atoms with E-state index in [2.05, 4.69) is 17.1 Å². The number of hydrogen-bond acceptors (Lipinski definition) is 3. The van der Waals surface area contributed by atoms with Crippen molar-refractivity contribution in [3.63, 3.8) is 0 Å². The Morgan fingerprint density at radius 1 is 1.33 bits per heavy atom. The number of amides is 1. The molecular formula is C14H28N2O2. The maximum atomic E-state index is 12.3. The van der Waals surface area contributed by atoms with Crippen molar-refractivity contribution in [3.05, 3.63) is 0 Å². The van der Waals surface area contributed by atoms with Gasteiger partial charge in [-0.15, -0.1) is 0 Å². The molecule has 0 aromatic heterocycles. The number of unbranched alkanes of at least 4 members (excludes halogenated alkanes) is 1. The largest absolute Gasteiger partial charge is 0.385 e. The molecule has 0 aromatic rings. The third-order valence-electron chi connectivity index (χ3n) is 3.52. The van der Waals surface area contributed by atoms with E-state index >= 15 is 0 Å². The van der Waals surface area contributed by atoms with E-state index in [1.54, 1.807) is 7.11 Å². The van der Waals surface area contributed by atoms with Crippen molar-refractivity contribution in [2.75, 3.05) is 33.4 Å². The molecule has 106 valence electrons. The summed E-state index contributed by atoms with van der Waals surface area (Å²) in [4.78, 5) is 14.4. The van der Waals surface area contributed by atoms with Crippen LogP contribution in [-0.2, 0) is 9.53 Å². The van der Waals surface area contributed by atoms with Crippen LogP contribution in [0.25, 0.3) is 0 Å². The van der Waals surface area contributed by atoms with Crippen LogP contribution >= 0.6 is 0 Å². The molecule has 1 rings (SSSR count). The van der Waals surface area contributed by atoms with Gasteiger partial charge >= 0.3 is 0 Å². The molecule has 0 saturated carbocycles. The monoisotopic (exact) mass is 256 g/mol. The molecule has 0 aliphatic carbocycles. The van der Waals surface area contributed by atoms with Crippen LogP contribution in [0.1, 0.15) is 45.4 Å². The molecule has 4 heteroatoms. The number of methoxy groups -OCH3 is 1. The van der Waals surface area contributed by atoms with E-state index < -0.39 is 0 Å². The first-order valence-electron chi connectivity index (χ1n) is 7.28. The number of piperidine rings is 1. The third-order valence-corrected chi connectivity index (χ3v) is 3.52. The van der Waals surface area contributed by atoms with Crippen molar-refractivity contribution < 1.29 is 9.53 Å². The topological polar surface area (TPSA) is 41.6 Å². The highest BCUT2D eigenvalue weighted by molar-refractivity contribution is 5.76. The third kappa shape index (κ3) is 5.36. The molecule has 0 atom stereocenters. The quantitative estimate of drug-likeness (QED) is 0.673. The summed E-state index contributed by atoms with van der Waals surface area (Å²) in [5.74, 6) is 0.333. The molecule has 1 N–H and O–H groups in total. The molecule has 4 nitrogen and oxygen atoms in total. The molecule has 0 aromatic carbocycles. The first-order valence-corrected chi connectivity index (χ1v) is 7.28. The van der Waals surface area contributed by atoms with Crippen molar-refractivity contribution in [2.45, 2.75) is 51.5 Å². The minimum absolute atomic E-state index is 0.333. The fraction of sp³-hybridized carbons (Fsp3) is 0.929. The maximum Gasteiger partial charge on any atom is 0.222 e. The highest BCUT2D eigenvalue weighted by atomic mass is 16.5. The molecule has 0 radical (unpaired) electrons. The van der Waals surface area contributed by atoms with Crippen LogP contribution in [0.4, 0.5) is 0 Å². The molecule has 0 spiro atoms. The standard InChI is InChI=1S/C14H28N2O2/c1-3-11-16(13-7-9-15-10-8-13)14(17)6-4-5-12-18-2/h13,15H,3-12H2,1-2H3. The van der Waals surface area contributed by atoms with E-state index in [9.17, 15) is 4.79 Å². The normalized spacial score (nSPS) is 16.8. The van der Waals surface area contributed by atoms with Crippen molar-refractivity contribution in [3.8, 4) is 0 Å². The van der Waals surface area contributed by atoms with E-state index in [4.69, 9.17) is 4.74 Å². The summed E-state index contributed by atoms with van der Waals surface area (Å²) < 4.78 is 5.01. The van der Waals surface area contributed by atoms with Gasteiger partial charge in [-0.3, -0.25) is 4.79 Å². The van der Waals surface area contributed by atoms with Gasteiger partial charge in [0.25, 0.3) is 0 Å². The second-order valence-electron chi connectivity index (χ2n) is 5.02. The second kappa shape index (κ2) is 9.34. The summed E-state index contributed by atoms with van der Waals surface area (Å²) in [6, 6.07) is 0.459. The molecular weight excluding hydrogens is 228 g/mol. The lowest BCUT2D eigenvalue weighted by Gasteiger charge is -2.34. The molecule has 0 bridgehead atoms. The van der Waals surface area contributed by atoms with Crippen LogP contribution in [0, 0.1) is 0 Å².